The fourth-order valence-electron chi connectivity index (χ4n) is 2.48. The Morgan fingerprint density at radius 1 is 1.24 bits per heavy atom. The molecule has 1 fully saturated rings. The lowest BCUT2D eigenvalue weighted by Gasteiger charge is -2.24. The van der Waals surface area contributed by atoms with Crippen LogP contribution in [0.5, 0.6) is 0 Å². The van der Waals surface area contributed by atoms with Gasteiger partial charge in [0, 0.05) is 12.1 Å². The Balaban J connectivity index is 2.38. The maximum absolute atomic E-state index is 11.6. The van der Waals surface area contributed by atoms with Crippen LogP contribution in [0.2, 0.25) is 0 Å². The predicted octanol–water partition coefficient (Wildman–Crippen LogP) is 3.17. The molecule has 0 saturated heterocycles. The van der Waals surface area contributed by atoms with Crippen LogP contribution < -0.4 is 0 Å². The van der Waals surface area contributed by atoms with Gasteiger partial charge in [-0.25, -0.2) is 0 Å². The molecular weight excluding hydrogens is 242 g/mol. The molecule has 90 valence electrons. The smallest absolute Gasteiger partial charge is 0.269 e. The lowest BCUT2D eigenvalue weighted by molar-refractivity contribution is -0.384. The van der Waals surface area contributed by atoms with Crippen molar-refractivity contribution < 1.29 is 9.72 Å². The molecule has 0 atom stereocenters. The van der Waals surface area contributed by atoms with Crippen LogP contribution in [0.25, 0.3) is 0 Å². The van der Waals surface area contributed by atoms with Crippen LogP contribution >= 0.6 is 11.6 Å². The second-order valence-corrected chi connectivity index (χ2v) is 4.71. The summed E-state index contributed by atoms with van der Waals surface area (Å²) >= 11 is 5.70. The van der Waals surface area contributed by atoms with E-state index >= 15 is 0 Å². The van der Waals surface area contributed by atoms with E-state index in [9.17, 15) is 14.9 Å². The van der Waals surface area contributed by atoms with Crippen LogP contribution in [-0.4, -0.2) is 10.2 Å². The Morgan fingerprint density at radius 2 is 1.76 bits per heavy atom. The molecule has 2 rings (SSSR count). The van der Waals surface area contributed by atoms with Crippen LogP contribution in [0.3, 0.4) is 0 Å². The first-order valence-electron chi connectivity index (χ1n) is 5.51. The topological polar surface area (TPSA) is 60.2 Å². The van der Waals surface area contributed by atoms with E-state index in [2.05, 4.69) is 0 Å². The number of halogens is 1. The summed E-state index contributed by atoms with van der Waals surface area (Å²) in [4.78, 5) is 21.7. The zero-order valence-corrected chi connectivity index (χ0v) is 9.94. The Bertz CT molecular complexity index is 449. The van der Waals surface area contributed by atoms with E-state index in [1.807, 2.05) is 0 Å². The Kier molecular flexibility index (Phi) is 3.15. The molecule has 0 N–H and O–H groups in total. The first-order chi connectivity index (χ1) is 8.06. The SMILES string of the molecule is O=C(Cl)C1(c2ccc([N+](=O)[O-])cc2)CCCC1. The molecule has 1 aliphatic carbocycles. The average Bonchev–Trinajstić information content (AvgIpc) is 2.79. The van der Waals surface area contributed by atoms with Crippen molar-refractivity contribution >= 4 is 22.5 Å². The minimum Gasteiger partial charge on any atom is -0.280 e. The van der Waals surface area contributed by atoms with E-state index in [-0.39, 0.29) is 10.9 Å². The molecule has 4 nitrogen and oxygen atoms in total. The van der Waals surface area contributed by atoms with Gasteiger partial charge in [0.05, 0.1) is 10.3 Å². The van der Waals surface area contributed by atoms with E-state index in [4.69, 9.17) is 11.6 Å². The van der Waals surface area contributed by atoms with Crippen molar-refractivity contribution in [3.05, 3.63) is 39.9 Å². The van der Waals surface area contributed by atoms with Gasteiger partial charge >= 0.3 is 0 Å². The third-order valence-electron chi connectivity index (χ3n) is 3.46. The number of nitrogens with zero attached hydrogens (tertiary/aromatic N) is 1. The highest BCUT2D eigenvalue weighted by molar-refractivity contribution is 6.65. The summed E-state index contributed by atoms with van der Waals surface area (Å²) in [5.74, 6) is 0. The Hall–Kier alpha value is -1.42. The molecule has 17 heavy (non-hydrogen) atoms. The van der Waals surface area contributed by atoms with Crippen molar-refractivity contribution in [3.8, 4) is 0 Å². The van der Waals surface area contributed by atoms with Crippen molar-refractivity contribution in [1.82, 2.24) is 0 Å². The summed E-state index contributed by atoms with van der Waals surface area (Å²) in [6.45, 7) is 0. The predicted molar refractivity (Wildman–Crippen MR) is 64.1 cm³/mol. The summed E-state index contributed by atoms with van der Waals surface area (Å²) < 4.78 is 0. The molecule has 1 aromatic rings. The van der Waals surface area contributed by atoms with Gasteiger partial charge < -0.3 is 0 Å². The number of rotatable bonds is 3. The molecule has 0 bridgehead atoms. The van der Waals surface area contributed by atoms with Gasteiger partial charge in [0.2, 0.25) is 5.24 Å². The number of nitro groups is 1. The molecule has 0 aliphatic heterocycles. The van der Waals surface area contributed by atoms with Crippen molar-refractivity contribution in [2.45, 2.75) is 31.1 Å². The van der Waals surface area contributed by atoms with Crippen LogP contribution in [0, 0.1) is 10.1 Å². The van der Waals surface area contributed by atoms with E-state index in [1.165, 1.54) is 12.1 Å². The van der Waals surface area contributed by atoms with Crippen molar-refractivity contribution in [3.63, 3.8) is 0 Å². The third kappa shape index (κ3) is 2.05. The molecule has 0 unspecified atom stereocenters. The van der Waals surface area contributed by atoms with Crippen molar-refractivity contribution in [2.75, 3.05) is 0 Å². The Morgan fingerprint density at radius 3 is 2.18 bits per heavy atom. The number of benzene rings is 1. The molecule has 1 aromatic carbocycles. The monoisotopic (exact) mass is 253 g/mol. The number of nitro benzene ring substituents is 1. The van der Waals surface area contributed by atoms with Crippen LogP contribution in [0.4, 0.5) is 5.69 Å². The average molecular weight is 254 g/mol. The highest BCUT2D eigenvalue weighted by atomic mass is 35.5. The normalized spacial score (nSPS) is 17.9. The molecule has 0 aromatic heterocycles. The number of hydrogen-bond acceptors (Lipinski definition) is 3. The van der Waals surface area contributed by atoms with Gasteiger partial charge in [-0.15, -0.1) is 0 Å². The first kappa shape index (κ1) is 12.0. The second-order valence-electron chi connectivity index (χ2n) is 4.37. The first-order valence-corrected chi connectivity index (χ1v) is 5.89. The van der Waals surface area contributed by atoms with Gasteiger partial charge in [-0.2, -0.15) is 0 Å². The largest absolute Gasteiger partial charge is 0.280 e. The standard InChI is InChI=1S/C12H12ClNO3/c13-11(15)12(7-1-2-8-12)9-3-5-10(6-4-9)14(16)17/h3-6H,1-2,7-8H2. The van der Waals surface area contributed by atoms with Gasteiger partial charge in [-0.05, 0) is 30.0 Å². The molecule has 0 amide bonds. The summed E-state index contributed by atoms with van der Waals surface area (Å²) in [6.07, 6.45) is 3.39. The second kappa shape index (κ2) is 4.45. The number of carbonyl (C=O) groups is 1. The van der Waals surface area contributed by atoms with Gasteiger partial charge in [0.1, 0.15) is 0 Å². The maximum atomic E-state index is 11.6. The fourth-order valence-corrected chi connectivity index (χ4v) is 2.78. The van der Waals surface area contributed by atoms with Crippen LogP contribution in [-0.2, 0) is 10.2 Å². The minimum atomic E-state index is -0.628. The molecule has 1 saturated carbocycles. The lowest BCUT2D eigenvalue weighted by Crippen LogP contribution is -2.29. The maximum Gasteiger partial charge on any atom is 0.269 e. The van der Waals surface area contributed by atoms with Gasteiger partial charge in [-0.1, -0.05) is 25.0 Å². The molecular formula is C12H12ClNO3. The molecule has 0 spiro atoms. The van der Waals surface area contributed by atoms with Gasteiger partial charge in [0.25, 0.3) is 5.69 Å². The lowest BCUT2D eigenvalue weighted by atomic mass is 9.80. The van der Waals surface area contributed by atoms with Crippen LogP contribution in [0.1, 0.15) is 31.2 Å². The van der Waals surface area contributed by atoms with E-state index in [1.54, 1.807) is 12.1 Å². The number of non-ortho nitro benzene ring substituents is 1. The van der Waals surface area contributed by atoms with E-state index in [0.29, 0.717) is 0 Å². The quantitative estimate of drug-likeness (QED) is 0.472. The Labute approximate surface area is 104 Å². The zero-order valence-electron chi connectivity index (χ0n) is 9.19. The molecule has 1 aliphatic rings. The third-order valence-corrected chi connectivity index (χ3v) is 3.83. The van der Waals surface area contributed by atoms with E-state index < -0.39 is 10.3 Å². The van der Waals surface area contributed by atoms with Crippen LogP contribution in [0.15, 0.2) is 24.3 Å². The molecule has 5 heteroatoms. The number of carbonyl (C=O) groups excluding carboxylic acids is 1. The number of hydrogen-bond donors (Lipinski definition) is 0. The molecule has 0 radical (unpaired) electrons. The zero-order chi connectivity index (χ0) is 12.5. The summed E-state index contributed by atoms with van der Waals surface area (Å²) in [5, 5.41) is 10.2. The highest BCUT2D eigenvalue weighted by Crippen LogP contribution is 2.43. The summed E-state index contributed by atoms with van der Waals surface area (Å²) in [5.41, 5.74) is 0.195. The van der Waals surface area contributed by atoms with Gasteiger partial charge in [-0.3, -0.25) is 14.9 Å². The summed E-state index contributed by atoms with van der Waals surface area (Å²) in [6, 6.07) is 6.14. The van der Waals surface area contributed by atoms with Crippen molar-refractivity contribution in [2.24, 2.45) is 0 Å². The minimum absolute atomic E-state index is 0.0314. The summed E-state index contributed by atoms with van der Waals surface area (Å²) in [7, 11) is 0. The van der Waals surface area contributed by atoms with Crippen molar-refractivity contribution in [1.29, 1.82) is 0 Å². The highest BCUT2D eigenvalue weighted by Gasteiger charge is 2.41. The van der Waals surface area contributed by atoms with Gasteiger partial charge in [0.15, 0.2) is 0 Å². The fraction of sp³-hybridized carbons (Fsp3) is 0.417. The van der Waals surface area contributed by atoms with E-state index in [0.717, 1.165) is 31.2 Å². The molecule has 0 heterocycles.